The van der Waals surface area contributed by atoms with Crippen LogP contribution in [0.3, 0.4) is 0 Å². The van der Waals surface area contributed by atoms with Crippen molar-refractivity contribution in [3.8, 4) is 0 Å². The number of halogens is 1. The van der Waals surface area contributed by atoms with E-state index in [1.54, 1.807) is 0 Å². The van der Waals surface area contributed by atoms with E-state index in [0.717, 1.165) is 22.3 Å². The van der Waals surface area contributed by atoms with Crippen molar-refractivity contribution in [1.82, 2.24) is 0 Å². The molecular weight excluding hydrogens is 288 g/mol. The Kier molecular flexibility index (Phi) is 3.92. The third-order valence-electron chi connectivity index (χ3n) is 3.01. The minimum Gasteiger partial charge on any atom is -0.398 e. The van der Waals surface area contributed by atoms with Gasteiger partial charge in [0.1, 0.15) is 0 Å². The van der Waals surface area contributed by atoms with E-state index in [9.17, 15) is 0 Å². The van der Waals surface area contributed by atoms with E-state index in [1.807, 2.05) is 24.3 Å². The van der Waals surface area contributed by atoms with Gasteiger partial charge in [-0.3, -0.25) is 0 Å². The fourth-order valence-corrected chi connectivity index (χ4v) is 2.76. The van der Waals surface area contributed by atoms with Crippen LogP contribution in [-0.4, -0.2) is 0 Å². The molecule has 2 rings (SSSR count). The summed E-state index contributed by atoms with van der Waals surface area (Å²) in [6.07, 6.45) is 0. The predicted octanol–water partition coefficient (Wildman–Crippen LogP) is 4.26. The van der Waals surface area contributed by atoms with Gasteiger partial charge in [-0.05, 0) is 48.7 Å². The van der Waals surface area contributed by atoms with Crippen LogP contribution in [0.5, 0.6) is 0 Å². The first kappa shape index (κ1) is 13.0. The van der Waals surface area contributed by atoms with Gasteiger partial charge in [-0.25, -0.2) is 0 Å². The second-order valence-electron chi connectivity index (χ2n) is 4.47. The number of nitrogens with two attached hydrogens (primary N) is 1. The molecular formula is C15H17BrN2. The second kappa shape index (κ2) is 5.44. The summed E-state index contributed by atoms with van der Waals surface area (Å²) in [6, 6.07) is 12.2. The van der Waals surface area contributed by atoms with E-state index in [2.05, 4.69) is 47.2 Å². The van der Waals surface area contributed by atoms with E-state index in [0.29, 0.717) is 0 Å². The third kappa shape index (κ3) is 2.85. The van der Waals surface area contributed by atoms with Crippen LogP contribution >= 0.6 is 15.9 Å². The molecule has 3 N–H and O–H groups in total. The lowest BCUT2D eigenvalue weighted by molar-refractivity contribution is 1.13. The van der Waals surface area contributed by atoms with Crippen molar-refractivity contribution in [1.29, 1.82) is 0 Å². The maximum absolute atomic E-state index is 5.94. The summed E-state index contributed by atoms with van der Waals surface area (Å²) in [7, 11) is 0. The van der Waals surface area contributed by atoms with Crippen molar-refractivity contribution in [2.45, 2.75) is 20.4 Å². The van der Waals surface area contributed by atoms with Crippen molar-refractivity contribution >= 4 is 27.3 Å². The molecule has 0 aliphatic carbocycles. The number of nitrogen functional groups attached to an aromatic ring is 1. The van der Waals surface area contributed by atoms with Gasteiger partial charge in [0.25, 0.3) is 0 Å². The smallest absolute Gasteiger partial charge is 0.0421 e. The van der Waals surface area contributed by atoms with Crippen LogP contribution in [0.2, 0.25) is 0 Å². The molecule has 0 saturated carbocycles. The van der Waals surface area contributed by atoms with Crippen LogP contribution in [0.25, 0.3) is 0 Å². The molecule has 0 heterocycles. The van der Waals surface area contributed by atoms with Crippen molar-refractivity contribution in [3.63, 3.8) is 0 Å². The first-order valence-corrected chi connectivity index (χ1v) is 6.71. The molecule has 2 aromatic rings. The van der Waals surface area contributed by atoms with E-state index >= 15 is 0 Å². The summed E-state index contributed by atoms with van der Waals surface area (Å²) in [5.74, 6) is 0. The predicted molar refractivity (Wildman–Crippen MR) is 81.8 cm³/mol. The SMILES string of the molecule is Cc1cc(Br)cc(C)c1NCc1ccccc1N. The number of nitrogens with one attached hydrogen (secondary N) is 1. The Morgan fingerprint density at radius 3 is 2.33 bits per heavy atom. The Bertz CT molecular complexity index is 541. The zero-order valence-electron chi connectivity index (χ0n) is 10.6. The minimum atomic E-state index is 0.746. The van der Waals surface area contributed by atoms with Gasteiger partial charge in [0.05, 0.1) is 0 Å². The highest BCUT2D eigenvalue weighted by Crippen LogP contribution is 2.26. The van der Waals surface area contributed by atoms with Gasteiger partial charge in [-0.2, -0.15) is 0 Å². The lowest BCUT2D eigenvalue weighted by Gasteiger charge is -2.14. The molecule has 0 atom stereocenters. The number of aryl methyl sites for hydroxylation is 2. The molecule has 0 saturated heterocycles. The highest BCUT2D eigenvalue weighted by molar-refractivity contribution is 9.10. The molecule has 0 radical (unpaired) electrons. The minimum absolute atomic E-state index is 0.746. The van der Waals surface area contributed by atoms with E-state index in [4.69, 9.17) is 5.73 Å². The highest BCUT2D eigenvalue weighted by Gasteiger charge is 2.04. The van der Waals surface area contributed by atoms with Crippen LogP contribution in [0, 0.1) is 13.8 Å². The van der Waals surface area contributed by atoms with E-state index in [-0.39, 0.29) is 0 Å². The van der Waals surface area contributed by atoms with Crippen molar-refractivity contribution in [2.24, 2.45) is 0 Å². The Balaban J connectivity index is 2.19. The molecule has 3 heteroatoms. The molecule has 0 bridgehead atoms. The second-order valence-corrected chi connectivity index (χ2v) is 5.38. The number of para-hydroxylation sites is 1. The fraction of sp³-hybridized carbons (Fsp3) is 0.200. The summed E-state index contributed by atoms with van der Waals surface area (Å²) < 4.78 is 1.11. The Hall–Kier alpha value is -1.48. The summed E-state index contributed by atoms with van der Waals surface area (Å²) in [6.45, 7) is 4.96. The zero-order chi connectivity index (χ0) is 13.1. The summed E-state index contributed by atoms with van der Waals surface area (Å²) in [5.41, 5.74) is 11.5. The zero-order valence-corrected chi connectivity index (χ0v) is 12.2. The normalized spacial score (nSPS) is 10.4. The molecule has 0 fully saturated rings. The van der Waals surface area contributed by atoms with Gasteiger partial charge in [0.2, 0.25) is 0 Å². The first-order chi connectivity index (χ1) is 8.58. The average Bonchev–Trinajstić information content (AvgIpc) is 2.30. The van der Waals surface area contributed by atoms with Crippen LogP contribution in [0.1, 0.15) is 16.7 Å². The molecule has 0 unspecified atom stereocenters. The van der Waals surface area contributed by atoms with Crippen molar-refractivity contribution in [2.75, 3.05) is 11.1 Å². The summed E-state index contributed by atoms with van der Waals surface area (Å²) in [4.78, 5) is 0. The molecule has 94 valence electrons. The molecule has 0 spiro atoms. The Labute approximate surface area is 116 Å². The number of hydrogen-bond donors (Lipinski definition) is 2. The van der Waals surface area contributed by atoms with Gasteiger partial charge in [-0.1, -0.05) is 34.1 Å². The van der Waals surface area contributed by atoms with Gasteiger partial charge in [0, 0.05) is 22.4 Å². The molecule has 0 aliphatic heterocycles. The van der Waals surface area contributed by atoms with Crippen LogP contribution in [0.15, 0.2) is 40.9 Å². The Morgan fingerprint density at radius 1 is 1.11 bits per heavy atom. The average molecular weight is 305 g/mol. The molecule has 2 nitrogen and oxygen atoms in total. The lowest BCUT2D eigenvalue weighted by Crippen LogP contribution is -2.05. The Morgan fingerprint density at radius 2 is 1.72 bits per heavy atom. The quantitative estimate of drug-likeness (QED) is 0.832. The van der Waals surface area contributed by atoms with Gasteiger partial charge >= 0.3 is 0 Å². The number of hydrogen-bond acceptors (Lipinski definition) is 2. The van der Waals surface area contributed by atoms with Gasteiger partial charge < -0.3 is 11.1 Å². The fourth-order valence-electron chi connectivity index (χ4n) is 2.07. The third-order valence-corrected chi connectivity index (χ3v) is 3.47. The molecule has 0 aliphatic rings. The van der Waals surface area contributed by atoms with Crippen LogP contribution in [-0.2, 0) is 6.54 Å². The molecule has 0 amide bonds. The number of rotatable bonds is 3. The lowest BCUT2D eigenvalue weighted by atomic mass is 10.1. The van der Waals surface area contributed by atoms with Gasteiger partial charge in [0.15, 0.2) is 0 Å². The van der Waals surface area contributed by atoms with E-state index in [1.165, 1.54) is 16.8 Å². The van der Waals surface area contributed by atoms with Crippen LogP contribution in [0.4, 0.5) is 11.4 Å². The van der Waals surface area contributed by atoms with Gasteiger partial charge in [-0.15, -0.1) is 0 Å². The maximum Gasteiger partial charge on any atom is 0.0421 e. The molecule has 0 aromatic heterocycles. The molecule has 2 aromatic carbocycles. The summed E-state index contributed by atoms with van der Waals surface area (Å²) in [5, 5.41) is 3.46. The van der Waals surface area contributed by atoms with E-state index < -0.39 is 0 Å². The molecule has 18 heavy (non-hydrogen) atoms. The summed E-state index contributed by atoms with van der Waals surface area (Å²) >= 11 is 3.51. The standard InChI is InChI=1S/C15H17BrN2/c1-10-7-13(16)8-11(2)15(10)18-9-12-5-3-4-6-14(12)17/h3-8,18H,9,17H2,1-2H3. The van der Waals surface area contributed by atoms with Crippen molar-refractivity contribution < 1.29 is 0 Å². The number of benzene rings is 2. The number of anilines is 2. The van der Waals surface area contributed by atoms with Crippen molar-refractivity contribution in [3.05, 3.63) is 57.6 Å². The van der Waals surface area contributed by atoms with Crippen LogP contribution < -0.4 is 11.1 Å². The first-order valence-electron chi connectivity index (χ1n) is 5.92. The topological polar surface area (TPSA) is 38.0 Å². The monoisotopic (exact) mass is 304 g/mol. The highest BCUT2D eigenvalue weighted by atomic mass is 79.9. The maximum atomic E-state index is 5.94. The largest absolute Gasteiger partial charge is 0.398 e.